The van der Waals surface area contributed by atoms with Crippen molar-refractivity contribution < 1.29 is 22.7 Å². The Hall–Kier alpha value is -2.06. The maximum Gasteiger partial charge on any atom is 0.222 e. The third-order valence-electron chi connectivity index (χ3n) is 5.47. The number of sulfone groups is 1. The van der Waals surface area contributed by atoms with Crippen molar-refractivity contribution in [3.8, 4) is 11.5 Å². The van der Waals surface area contributed by atoms with Gasteiger partial charge in [0, 0.05) is 24.0 Å². The Balaban J connectivity index is 1.57. The maximum atomic E-state index is 12.9. The standard InChI is InChI=1S/C22H26BrNO5S/c1-28-18-5-7-19(8-6-18)30(26,27)20-11-13-24(14-12-20)22(25)10-3-16-15-17(23)4-9-21(16)29-2/h4-9,15,20H,3,10-14H2,1-2H3. The molecule has 0 bridgehead atoms. The van der Waals surface area contributed by atoms with Crippen molar-refractivity contribution in [2.24, 2.45) is 0 Å². The molecule has 162 valence electrons. The molecular weight excluding hydrogens is 470 g/mol. The molecular formula is C22H26BrNO5S. The number of halogens is 1. The Labute approximate surface area is 186 Å². The number of methoxy groups -OCH3 is 2. The lowest BCUT2D eigenvalue weighted by atomic mass is 10.1. The van der Waals surface area contributed by atoms with Crippen LogP contribution in [0.2, 0.25) is 0 Å². The Bertz CT molecular complexity index is 983. The molecule has 0 atom stereocenters. The summed E-state index contributed by atoms with van der Waals surface area (Å²) in [6.07, 6.45) is 1.83. The monoisotopic (exact) mass is 495 g/mol. The number of likely N-dealkylation sites (tertiary alicyclic amines) is 1. The van der Waals surface area contributed by atoms with Gasteiger partial charge in [-0.15, -0.1) is 0 Å². The first-order chi connectivity index (χ1) is 14.3. The zero-order chi connectivity index (χ0) is 21.7. The van der Waals surface area contributed by atoms with Crippen LogP contribution >= 0.6 is 15.9 Å². The van der Waals surface area contributed by atoms with Gasteiger partial charge in [-0.1, -0.05) is 15.9 Å². The van der Waals surface area contributed by atoms with E-state index >= 15 is 0 Å². The van der Waals surface area contributed by atoms with Crippen LogP contribution in [0.3, 0.4) is 0 Å². The van der Waals surface area contributed by atoms with E-state index in [-0.39, 0.29) is 5.91 Å². The molecule has 2 aromatic carbocycles. The smallest absolute Gasteiger partial charge is 0.222 e. The molecule has 0 unspecified atom stereocenters. The molecule has 1 fully saturated rings. The molecule has 6 nitrogen and oxygen atoms in total. The molecule has 8 heteroatoms. The Kier molecular flexibility index (Phi) is 7.41. The van der Waals surface area contributed by atoms with E-state index in [4.69, 9.17) is 9.47 Å². The molecule has 1 saturated heterocycles. The third-order valence-corrected chi connectivity index (χ3v) is 8.24. The van der Waals surface area contributed by atoms with Crippen LogP contribution in [0.1, 0.15) is 24.8 Å². The second-order valence-corrected chi connectivity index (χ2v) is 10.4. The maximum absolute atomic E-state index is 12.9. The Morgan fingerprint density at radius 2 is 1.73 bits per heavy atom. The second kappa shape index (κ2) is 9.83. The summed E-state index contributed by atoms with van der Waals surface area (Å²) in [5.74, 6) is 1.42. The predicted octanol–water partition coefficient (Wildman–Crippen LogP) is 3.86. The van der Waals surface area contributed by atoms with Crippen molar-refractivity contribution in [2.45, 2.75) is 35.8 Å². The summed E-state index contributed by atoms with van der Waals surface area (Å²) in [5, 5.41) is -0.472. The molecule has 0 saturated carbocycles. The van der Waals surface area contributed by atoms with Crippen LogP contribution in [0, 0.1) is 0 Å². The van der Waals surface area contributed by atoms with E-state index in [9.17, 15) is 13.2 Å². The summed E-state index contributed by atoms with van der Waals surface area (Å²) < 4.78 is 37.2. The van der Waals surface area contributed by atoms with Crippen molar-refractivity contribution in [2.75, 3.05) is 27.3 Å². The van der Waals surface area contributed by atoms with Crippen LogP contribution in [-0.4, -0.2) is 51.8 Å². The number of piperidine rings is 1. The van der Waals surface area contributed by atoms with Gasteiger partial charge in [-0.2, -0.15) is 0 Å². The highest BCUT2D eigenvalue weighted by Crippen LogP contribution is 2.27. The van der Waals surface area contributed by atoms with Gasteiger partial charge in [-0.05, 0) is 67.3 Å². The van der Waals surface area contributed by atoms with Gasteiger partial charge in [0.1, 0.15) is 11.5 Å². The van der Waals surface area contributed by atoms with E-state index in [1.807, 2.05) is 18.2 Å². The number of amides is 1. The number of carbonyl (C=O) groups excluding carboxylic acids is 1. The number of hydrogen-bond donors (Lipinski definition) is 0. The normalized spacial score (nSPS) is 15.1. The van der Waals surface area contributed by atoms with Gasteiger partial charge in [0.15, 0.2) is 9.84 Å². The summed E-state index contributed by atoms with van der Waals surface area (Å²) in [5.41, 5.74) is 0.970. The summed E-state index contributed by atoms with van der Waals surface area (Å²) in [6.45, 7) is 0.906. The lowest BCUT2D eigenvalue weighted by Gasteiger charge is -2.32. The molecule has 0 N–H and O–H groups in total. The highest BCUT2D eigenvalue weighted by atomic mass is 79.9. The molecule has 3 rings (SSSR count). The average Bonchev–Trinajstić information content (AvgIpc) is 2.77. The molecule has 1 heterocycles. The van der Waals surface area contributed by atoms with Crippen LogP contribution in [0.4, 0.5) is 0 Å². The number of benzene rings is 2. The lowest BCUT2D eigenvalue weighted by molar-refractivity contribution is -0.132. The van der Waals surface area contributed by atoms with Crippen LogP contribution < -0.4 is 9.47 Å². The van der Waals surface area contributed by atoms with Crippen molar-refractivity contribution in [1.82, 2.24) is 4.90 Å². The number of rotatable bonds is 7. The van der Waals surface area contributed by atoms with Crippen molar-refractivity contribution in [3.05, 3.63) is 52.5 Å². The van der Waals surface area contributed by atoms with E-state index in [0.29, 0.717) is 49.4 Å². The van der Waals surface area contributed by atoms with Crippen molar-refractivity contribution >= 4 is 31.7 Å². The van der Waals surface area contributed by atoms with E-state index in [1.54, 1.807) is 43.4 Å². The van der Waals surface area contributed by atoms with Gasteiger partial charge in [-0.3, -0.25) is 4.79 Å². The topological polar surface area (TPSA) is 72.9 Å². The number of carbonyl (C=O) groups is 1. The van der Waals surface area contributed by atoms with Gasteiger partial charge in [0.2, 0.25) is 5.91 Å². The van der Waals surface area contributed by atoms with Gasteiger partial charge >= 0.3 is 0 Å². The molecule has 30 heavy (non-hydrogen) atoms. The molecule has 1 aliphatic rings. The quantitative estimate of drug-likeness (QED) is 0.582. The summed E-state index contributed by atoms with van der Waals surface area (Å²) >= 11 is 3.45. The molecule has 1 amide bonds. The number of nitrogens with zero attached hydrogens (tertiary/aromatic N) is 1. The first-order valence-corrected chi connectivity index (χ1v) is 12.2. The van der Waals surface area contributed by atoms with Crippen molar-refractivity contribution in [3.63, 3.8) is 0 Å². The first-order valence-electron chi connectivity index (χ1n) is 9.83. The van der Waals surface area contributed by atoms with Crippen LogP contribution in [0.25, 0.3) is 0 Å². The van der Waals surface area contributed by atoms with Crippen molar-refractivity contribution in [1.29, 1.82) is 0 Å². The zero-order valence-electron chi connectivity index (χ0n) is 17.1. The Morgan fingerprint density at radius 3 is 2.33 bits per heavy atom. The average molecular weight is 496 g/mol. The molecule has 0 aromatic heterocycles. The molecule has 0 radical (unpaired) electrons. The van der Waals surface area contributed by atoms with Gasteiger partial charge in [0.25, 0.3) is 0 Å². The summed E-state index contributed by atoms with van der Waals surface area (Å²) in [6, 6.07) is 12.2. The minimum absolute atomic E-state index is 0.0392. The lowest BCUT2D eigenvalue weighted by Crippen LogP contribution is -2.42. The van der Waals surface area contributed by atoms with E-state index in [0.717, 1.165) is 15.8 Å². The molecule has 1 aliphatic heterocycles. The van der Waals surface area contributed by atoms with E-state index < -0.39 is 15.1 Å². The minimum Gasteiger partial charge on any atom is -0.497 e. The van der Waals surface area contributed by atoms with Crippen LogP contribution in [0.15, 0.2) is 51.8 Å². The largest absolute Gasteiger partial charge is 0.497 e. The Morgan fingerprint density at radius 1 is 1.07 bits per heavy atom. The fourth-order valence-corrected chi connectivity index (χ4v) is 5.86. The third kappa shape index (κ3) is 5.16. The van der Waals surface area contributed by atoms with Crippen LogP contribution in [-0.2, 0) is 21.1 Å². The van der Waals surface area contributed by atoms with E-state index in [2.05, 4.69) is 15.9 Å². The number of ether oxygens (including phenoxy) is 2. The highest BCUT2D eigenvalue weighted by molar-refractivity contribution is 9.10. The minimum atomic E-state index is -3.42. The second-order valence-electron chi connectivity index (χ2n) is 7.26. The van der Waals surface area contributed by atoms with Crippen LogP contribution in [0.5, 0.6) is 11.5 Å². The van der Waals surface area contributed by atoms with Gasteiger partial charge < -0.3 is 14.4 Å². The number of hydrogen-bond acceptors (Lipinski definition) is 5. The van der Waals surface area contributed by atoms with E-state index in [1.165, 1.54) is 0 Å². The molecule has 2 aromatic rings. The fraction of sp³-hybridized carbons (Fsp3) is 0.409. The number of aryl methyl sites for hydroxylation is 1. The summed E-state index contributed by atoms with van der Waals surface area (Å²) in [4.78, 5) is 14.7. The summed E-state index contributed by atoms with van der Waals surface area (Å²) in [7, 11) is -0.262. The fourth-order valence-electron chi connectivity index (χ4n) is 3.72. The zero-order valence-corrected chi connectivity index (χ0v) is 19.5. The first kappa shape index (κ1) is 22.6. The SMILES string of the molecule is COc1ccc(S(=O)(=O)C2CCN(C(=O)CCc3cc(Br)ccc3OC)CC2)cc1. The predicted molar refractivity (Wildman–Crippen MR) is 119 cm³/mol. The van der Waals surface area contributed by atoms with Gasteiger partial charge in [0.05, 0.1) is 24.4 Å². The van der Waals surface area contributed by atoms with Gasteiger partial charge in [-0.25, -0.2) is 8.42 Å². The highest BCUT2D eigenvalue weighted by Gasteiger charge is 2.32. The molecule has 0 aliphatic carbocycles. The molecule has 0 spiro atoms.